The molecule has 0 aliphatic carbocycles. The Morgan fingerprint density at radius 2 is 1.48 bits per heavy atom. The zero-order valence-corrected chi connectivity index (χ0v) is 14.6. The number of rotatable bonds is 4. The van der Waals surface area contributed by atoms with Crippen LogP contribution in [0.3, 0.4) is 0 Å². The van der Waals surface area contributed by atoms with Gasteiger partial charge in [0.05, 0.1) is 0 Å². The Morgan fingerprint density at radius 3 is 1.90 bits per heavy atom. The van der Waals surface area contributed by atoms with E-state index in [2.05, 4.69) is 52.2 Å². The Kier molecular flexibility index (Phi) is 4.18. The fourth-order valence-electron chi connectivity index (χ4n) is 4.65. The fourth-order valence-corrected chi connectivity index (χ4v) is 4.65. The van der Waals surface area contributed by atoms with E-state index in [0.717, 1.165) is 38.5 Å². The van der Waals surface area contributed by atoms with Crippen LogP contribution in [0.5, 0.6) is 0 Å². The van der Waals surface area contributed by atoms with Crippen molar-refractivity contribution in [2.45, 2.75) is 102 Å². The van der Waals surface area contributed by atoms with Gasteiger partial charge in [-0.25, -0.2) is 0 Å². The number of hydrogen-bond donors (Lipinski definition) is 2. The van der Waals surface area contributed by atoms with Crippen molar-refractivity contribution in [2.24, 2.45) is 0 Å². The summed E-state index contributed by atoms with van der Waals surface area (Å²) in [6, 6.07) is 0. The molecule has 0 radical (unpaired) electrons. The van der Waals surface area contributed by atoms with Gasteiger partial charge in [-0.1, -0.05) is 26.7 Å². The van der Waals surface area contributed by atoms with Gasteiger partial charge in [0.15, 0.2) is 5.60 Å². The topological polar surface area (TPSA) is 50.4 Å². The Balaban J connectivity index is 2.32. The lowest BCUT2D eigenvalue weighted by atomic mass is 9.72. The monoisotopic (exact) mass is 296 g/mol. The summed E-state index contributed by atoms with van der Waals surface area (Å²) in [5.74, 6) is 0.0899. The first-order valence-electron chi connectivity index (χ1n) is 8.40. The predicted molar refractivity (Wildman–Crippen MR) is 85.0 cm³/mol. The van der Waals surface area contributed by atoms with Crippen LogP contribution in [0.1, 0.15) is 80.1 Å². The van der Waals surface area contributed by atoms with E-state index in [9.17, 15) is 4.79 Å². The van der Waals surface area contributed by atoms with Crippen LogP contribution in [0.2, 0.25) is 0 Å². The number of carbonyl (C=O) groups is 1. The molecule has 122 valence electrons. The van der Waals surface area contributed by atoms with Gasteiger partial charge in [0.1, 0.15) is 5.72 Å². The van der Waals surface area contributed by atoms with Gasteiger partial charge in [0.2, 0.25) is 0 Å². The molecule has 2 heterocycles. The standard InChI is InChI=1S/C17H32N2O2/c1-7-9-17(10-8-2)18-13(20)16(21-17)11-14(3,4)19-15(5,6)12-16/h19H,7-12H2,1-6H3,(H,18,20). The molecule has 2 aliphatic heterocycles. The van der Waals surface area contributed by atoms with Crippen molar-refractivity contribution in [3.8, 4) is 0 Å². The molecule has 0 atom stereocenters. The van der Waals surface area contributed by atoms with Gasteiger partial charge >= 0.3 is 0 Å². The van der Waals surface area contributed by atoms with Crippen LogP contribution in [0.4, 0.5) is 0 Å². The van der Waals surface area contributed by atoms with Crippen LogP contribution in [0.25, 0.3) is 0 Å². The van der Waals surface area contributed by atoms with Gasteiger partial charge in [-0.3, -0.25) is 4.79 Å². The lowest BCUT2D eigenvalue weighted by Crippen LogP contribution is -2.65. The van der Waals surface area contributed by atoms with Crippen LogP contribution in [-0.4, -0.2) is 28.3 Å². The third-order valence-corrected chi connectivity index (χ3v) is 4.59. The van der Waals surface area contributed by atoms with Gasteiger partial charge in [-0.15, -0.1) is 0 Å². The minimum atomic E-state index is -0.678. The molecule has 2 aliphatic rings. The zero-order valence-electron chi connectivity index (χ0n) is 14.6. The second-order valence-corrected chi connectivity index (χ2v) is 8.29. The molecular weight excluding hydrogens is 264 g/mol. The molecule has 1 amide bonds. The van der Waals surface area contributed by atoms with Gasteiger partial charge < -0.3 is 15.4 Å². The quantitative estimate of drug-likeness (QED) is 0.838. The van der Waals surface area contributed by atoms with E-state index in [-0.39, 0.29) is 17.0 Å². The van der Waals surface area contributed by atoms with E-state index in [0.29, 0.717) is 0 Å². The smallest absolute Gasteiger partial charge is 0.254 e. The van der Waals surface area contributed by atoms with Crippen molar-refractivity contribution in [1.82, 2.24) is 10.6 Å². The predicted octanol–water partition coefficient (Wildman–Crippen LogP) is 3.11. The van der Waals surface area contributed by atoms with E-state index in [1.165, 1.54) is 0 Å². The van der Waals surface area contributed by atoms with Crippen molar-refractivity contribution < 1.29 is 9.53 Å². The molecule has 0 unspecified atom stereocenters. The Bertz CT molecular complexity index is 393. The highest BCUT2D eigenvalue weighted by molar-refractivity contribution is 5.88. The van der Waals surface area contributed by atoms with E-state index in [4.69, 9.17) is 4.74 Å². The third-order valence-electron chi connectivity index (χ3n) is 4.59. The molecule has 0 aromatic rings. The second-order valence-electron chi connectivity index (χ2n) is 8.29. The van der Waals surface area contributed by atoms with E-state index in [1.54, 1.807) is 0 Å². The number of piperidine rings is 1. The molecule has 1 spiro atoms. The number of amides is 1. The summed E-state index contributed by atoms with van der Waals surface area (Å²) < 4.78 is 6.54. The first-order valence-corrected chi connectivity index (χ1v) is 8.40. The minimum absolute atomic E-state index is 0.0899. The van der Waals surface area contributed by atoms with Gasteiger partial charge in [-0.2, -0.15) is 0 Å². The SMILES string of the molecule is CCCC1(CCC)NC(=O)C2(CC(C)(C)NC(C)(C)C2)O1. The molecule has 2 N–H and O–H groups in total. The number of carbonyl (C=O) groups excluding carboxylic acids is 1. The summed E-state index contributed by atoms with van der Waals surface area (Å²) in [6.45, 7) is 12.9. The van der Waals surface area contributed by atoms with Crippen LogP contribution >= 0.6 is 0 Å². The summed E-state index contributed by atoms with van der Waals surface area (Å²) in [7, 11) is 0. The average molecular weight is 296 g/mol. The molecule has 0 saturated carbocycles. The fraction of sp³-hybridized carbons (Fsp3) is 0.941. The second kappa shape index (κ2) is 5.24. The van der Waals surface area contributed by atoms with Crippen molar-refractivity contribution in [1.29, 1.82) is 0 Å². The maximum atomic E-state index is 12.8. The van der Waals surface area contributed by atoms with Crippen LogP contribution in [0.15, 0.2) is 0 Å². The maximum Gasteiger partial charge on any atom is 0.254 e. The van der Waals surface area contributed by atoms with Crippen molar-refractivity contribution >= 4 is 5.91 Å². The largest absolute Gasteiger partial charge is 0.339 e. The number of hydrogen-bond acceptors (Lipinski definition) is 3. The summed E-state index contributed by atoms with van der Waals surface area (Å²) in [4.78, 5) is 12.8. The third kappa shape index (κ3) is 3.26. The van der Waals surface area contributed by atoms with Gasteiger partial charge in [-0.05, 0) is 40.5 Å². The lowest BCUT2D eigenvalue weighted by Gasteiger charge is -2.50. The number of ether oxygens (including phenoxy) is 1. The Morgan fingerprint density at radius 1 is 1.00 bits per heavy atom. The van der Waals surface area contributed by atoms with Gasteiger partial charge in [0.25, 0.3) is 5.91 Å². The van der Waals surface area contributed by atoms with Gasteiger partial charge in [0, 0.05) is 23.9 Å². The molecule has 0 aromatic heterocycles. The molecule has 0 bridgehead atoms. The first kappa shape index (κ1) is 16.8. The van der Waals surface area contributed by atoms with E-state index in [1.807, 2.05) is 0 Å². The maximum absolute atomic E-state index is 12.8. The number of nitrogens with one attached hydrogen (secondary N) is 2. The van der Waals surface area contributed by atoms with Crippen LogP contribution < -0.4 is 10.6 Å². The highest BCUT2D eigenvalue weighted by Gasteiger charge is 2.60. The van der Waals surface area contributed by atoms with Crippen molar-refractivity contribution in [2.75, 3.05) is 0 Å². The molecule has 2 rings (SSSR count). The summed E-state index contributed by atoms with van der Waals surface area (Å²) >= 11 is 0. The summed E-state index contributed by atoms with van der Waals surface area (Å²) in [6.07, 6.45) is 5.27. The summed E-state index contributed by atoms with van der Waals surface area (Å²) in [5, 5.41) is 6.85. The highest BCUT2D eigenvalue weighted by atomic mass is 16.6. The molecule has 21 heavy (non-hydrogen) atoms. The molecule has 0 aromatic carbocycles. The zero-order chi connectivity index (χ0) is 15.9. The Hall–Kier alpha value is -0.610. The normalized spacial score (nSPS) is 28.6. The summed E-state index contributed by atoms with van der Waals surface area (Å²) in [5.41, 5.74) is -1.34. The highest BCUT2D eigenvalue weighted by Crippen LogP contribution is 2.45. The molecule has 4 heteroatoms. The van der Waals surface area contributed by atoms with E-state index < -0.39 is 11.3 Å². The minimum Gasteiger partial charge on any atom is -0.339 e. The van der Waals surface area contributed by atoms with Crippen LogP contribution in [0, 0.1) is 0 Å². The van der Waals surface area contributed by atoms with Crippen molar-refractivity contribution in [3.63, 3.8) is 0 Å². The molecule has 2 fully saturated rings. The van der Waals surface area contributed by atoms with E-state index >= 15 is 0 Å². The average Bonchev–Trinajstić information content (AvgIpc) is 2.46. The Labute approximate surface area is 129 Å². The molecular formula is C17H32N2O2. The van der Waals surface area contributed by atoms with Crippen LogP contribution in [-0.2, 0) is 9.53 Å². The molecule has 4 nitrogen and oxygen atoms in total. The lowest BCUT2D eigenvalue weighted by molar-refractivity contribution is -0.164. The van der Waals surface area contributed by atoms with Crippen molar-refractivity contribution in [3.05, 3.63) is 0 Å². The molecule has 2 saturated heterocycles. The first-order chi connectivity index (χ1) is 9.58.